The van der Waals surface area contributed by atoms with Gasteiger partial charge in [0, 0.05) is 22.8 Å². The van der Waals surface area contributed by atoms with Crippen molar-refractivity contribution in [2.24, 2.45) is 0 Å². The molecule has 1 aliphatic carbocycles. The van der Waals surface area contributed by atoms with Gasteiger partial charge in [0.05, 0.1) is 24.3 Å². The van der Waals surface area contributed by atoms with Gasteiger partial charge in [0.2, 0.25) is 5.91 Å². The molecule has 3 N–H and O–H groups in total. The van der Waals surface area contributed by atoms with E-state index < -0.39 is 6.10 Å². The average Bonchev–Trinajstić information content (AvgIpc) is 3.23. The summed E-state index contributed by atoms with van der Waals surface area (Å²) in [6.45, 7) is 3.99. The van der Waals surface area contributed by atoms with Crippen molar-refractivity contribution >= 4 is 22.5 Å². The van der Waals surface area contributed by atoms with Gasteiger partial charge in [0.1, 0.15) is 5.69 Å². The summed E-state index contributed by atoms with van der Waals surface area (Å²) < 4.78 is 0. The number of nitrogens with zero attached hydrogens (tertiary/aromatic N) is 2. The third-order valence-electron chi connectivity index (χ3n) is 5.72. The van der Waals surface area contributed by atoms with Gasteiger partial charge in [-0.3, -0.25) is 9.89 Å². The van der Waals surface area contributed by atoms with Crippen LogP contribution in [0.5, 0.6) is 0 Å². The van der Waals surface area contributed by atoms with Crippen LogP contribution in [0.2, 0.25) is 0 Å². The maximum Gasteiger partial charge on any atom is 0.234 e. The summed E-state index contributed by atoms with van der Waals surface area (Å²) in [5.74, 6) is -0.119. The second kappa shape index (κ2) is 5.45. The molecular formula is C20H22N4O2. The van der Waals surface area contributed by atoms with Gasteiger partial charge >= 0.3 is 0 Å². The lowest BCUT2D eigenvalue weighted by molar-refractivity contribution is -0.119. The number of H-pyrrole nitrogens is 2. The highest BCUT2D eigenvalue weighted by atomic mass is 16.3. The van der Waals surface area contributed by atoms with Crippen LogP contribution in [0, 0.1) is 0 Å². The number of aromatic nitrogens is 3. The fourth-order valence-electron chi connectivity index (χ4n) is 4.46. The predicted molar refractivity (Wildman–Crippen MR) is 100 cm³/mol. The molecule has 0 spiro atoms. The van der Waals surface area contributed by atoms with Crippen molar-refractivity contribution in [3.05, 3.63) is 35.0 Å². The number of rotatable bonds is 2. The molecule has 26 heavy (non-hydrogen) atoms. The van der Waals surface area contributed by atoms with E-state index in [1.54, 1.807) is 11.8 Å². The van der Waals surface area contributed by atoms with Crippen molar-refractivity contribution in [3.63, 3.8) is 0 Å². The minimum absolute atomic E-state index is 0.0641. The molecule has 1 aromatic carbocycles. The van der Waals surface area contributed by atoms with Crippen molar-refractivity contribution in [1.29, 1.82) is 0 Å². The summed E-state index contributed by atoms with van der Waals surface area (Å²) in [6, 6.07) is 4.23. The molecule has 0 fully saturated rings. The molecule has 1 aliphatic heterocycles. The molecule has 3 aromatic rings. The Morgan fingerprint density at radius 3 is 3.04 bits per heavy atom. The van der Waals surface area contributed by atoms with Gasteiger partial charge in [-0.25, -0.2) is 0 Å². The molecule has 0 bridgehead atoms. The van der Waals surface area contributed by atoms with Gasteiger partial charge in [-0.15, -0.1) is 0 Å². The van der Waals surface area contributed by atoms with Crippen LogP contribution in [0.1, 0.15) is 42.9 Å². The number of hydrogen-bond acceptors (Lipinski definition) is 3. The number of aliphatic hydroxyl groups excluding tert-OH is 1. The highest BCUT2D eigenvalue weighted by molar-refractivity contribution is 6.08. The molecule has 1 amide bonds. The molecule has 0 radical (unpaired) electrons. The molecule has 3 heterocycles. The lowest BCUT2D eigenvalue weighted by Gasteiger charge is -2.19. The Morgan fingerprint density at radius 2 is 2.23 bits per heavy atom. The second-order valence-corrected chi connectivity index (χ2v) is 7.57. The molecule has 2 atom stereocenters. The van der Waals surface area contributed by atoms with E-state index in [4.69, 9.17) is 0 Å². The van der Waals surface area contributed by atoms with E-state index in [0.717, 1.165) is 52.8 Å². The largest absolute Gasteiger partial charge is 0.392 e. The third kappa shape index (κ3) is 2.08. The summed E-state index contributed by atoms with van der Waals surface area (Å²) in [4.78, 5) is 18.0. The zero-order chi connectivity index (χ0) is 18.0. The SMILES string of the molecule is CC(O)CN1C(=O)C(C)c2cc3[nH]c4c(c3cc21)CCCc1c[nH]nc1-4. The maximum absolute atomic E-state index is 12.7. The lowest BCUT2D eigenvalue weighted by atomic mass is 9.99. The number of carbonyl (C=O) groups excluding carboxylic acids is 1. The molecule has 2 aliphatic rings. The molecule has 6 nitrogen and oxygen atoms in total. The Labute approximate surface area is 151 Å². The number of aromatic amines is 2. The van der Waals surface area contributed by atoms with Crippen LogP contribution in [0.4, 0.5) is 5.69 Å². The predicted octanol–water partition coefficient (Wildman–Crippen LogP) is 2.88. The average molecular weight is 350 g/mol. The van der Waals surface area contributed by atoms with E-state index in [2.05, 4.69) is 27.3 Å². The topological polar surface area (TPSA) is 85.0 Å². The van der Waals surface area contributed by atoms with Gasteiger partial charge in [0.25, 0.3) is 0 Å². The van der Waals surface area contributed by atoms with Crippen molar-refractivity contribution in [1.82, 2.24) is 15.2 Å². The van der Waals surface area contributed by atoms with Crippen LogP contribution >= 0.6 is 0 Å². The number of β-amino-alcohol motifs (C(OH)–C–C–N with tert-alkyl or cyclic N) is 1. The van der Waals surface area contributed by atoms with Crippen LogP contribution in [0.15, 0.2) is 18.3 Å². The summed E-state index contributed by atoms with van der Waals surface area (Å²) in [6.07, 6.45) is 4.52. The Balaban J connectivity index is 1.72. The van der Waals surface area contributed by atoms with E-state index in [1.807, 2.05) is 13.1 Å². The first-order valence-corrected chi connectivity index (χ1v) is 9.25. The summed E-state index contributed by atoms with van der Waals surface area (Å²) in [7, 11) is 0. The van der Waals surface area contributed by atoms with Crippen LogP contribution in [0.25, 0.3) is 22.3 Å². The van der Waals surface area contributed by atoms with Crippen molar-refractivity contribution in [2.45, 2.75) is 45.1 Å². The summed E-state index contributed by atoms with van der Waals surface area (Å²) >= 11 is 0. The molecule has 0 saturated carbocycles. The first-order valence-electron chi connectivity index (χ1n) is 9.25. The van der Waals surface area contributed by atoms with Gasteiger partial charge in [-0.05, 0) is 61.9 Å². The van der Waals surface area contributed by atoms with E-state index >= 15 is 0 Å². The summed E-state index contributed by atoms with van der Waals surface area (Å²) in [5.41, 5.74) is 7.66. The molecule has 2 aromatic heterocycles. The quantitative estimate of drug-likeness (QED) is 0.664. The number of aryl methyl sites for hydroxylation is 2. The van der Waals surface area contributed by atoms with Crippen LogP contribution in [-0.2, 0) is 17.6 Å². The minimum atomic E-state index is -0.553. The number of fused-ring (bicyclic) bond motifs is 6. The Bertz CT molecular complexity index is 1030. The fraction of sp³-hybridized carbons (Fsp3) is 0.400. The van der Waals surface area contributed by atoms with E-state index in [1.165, 1.54) is 11.1 Å². The lowest BCUT2D eigenvalue weighted by Crippen LogP contribution is -2.34. The number of benzene rings is 1. The molecule has 2 unspecified atom stereocenters. The van der Waals surface area contributed by atoms with E-state index in [0.29, 0.717) is 6.54 Å². The first kappa shape index (κ1) is 15.6. The van der Waals surface area contributed by atoms with Crippen molar-refractivity contribution in [2.75, 3.05) is 11.4 Å². The highest BCUT2D eigenvalue weighted by Gasteiger charge is 2.36. The van der Waals surface area contributed by atoms with Crippen LogP contribution in [-0.4, -0.2) is 38.8 Å². The van der Waals surface area contributed by atoms with Gasteiger partial charge in [-0.2, -0.15) is 5.10 Å². The highest BCUT2D eigenvalue weighted by Crippen LogP contribution is 2.43. The van der Waals surface area contributed by atoms with Crippen molar-refractivity contribution < 1.29 is 9.90 Å². The zero-order valence-corrected chi connectivity index (χ0v) is 15.0. The maximum atomic E-state index is 12.7. The number of anilines is 1. The molecule has 0 saturated heterocycles. The minimum Gasteiger partial charge on any atom is -0.392 e. The standard InChI is InChI=1S/C20H22N4O2/c1-10(25)9-24-17-7-15-13-5-3-4-12-8-21-23-18(12)19(13)22-16(15)6-14(17)11(2)20(24)26/h6-8,10-11,22,25H,3-5,9H2,1-2H3,(H,21,23). The normalized spacial score (nSPS) is 20.0. The molecular weight excluding hydrogens is 328 g/mol. The van der Waals surface area contributed by atoms with E-state index in [9.17, 15) is 9.90 Å². The first-order chi connectivity index (χ1) is 12.5. The summed E-state index contributed by atoms with van der Waals surface area (Å²) in [5, 5.41) is 18.4. The third-order valence-corrected chi connectivity index (χ3v) is 5.72. The Morgan fingerprint density at radius 1 is 1.38 bits per heavy atom. The number of amides is 1. The Hall–Kier alpha value is -2.60. The molecule has 134 valence electrons. The van der Waals surface area contributed by atoms with Gasteiger partial charge in [0.15, 0.2) is 0 Å². The van der Waals surface area contributed by atoms with Gasteiger partial charge in [-0.1, -0.05) is 0 Å². The monoisotopic (exact) mass is 350 g/mol. The Kier molecular flexibility index (Phi) is 3.28. The number of aliphatic hydroxyl groups is 1. The van der Waals surface area contributed by atoms with E-state index in [-0.39, 0.29) is 11.8 Å². The number of hydrogen-bond donors (Lipinski definition) is 3. The smallest absolute Gasteiger partial charge is 0.234 e. The van der Waals surface area contributed by atoms with Crippen LogP contribution in [0.3, 0.4) is 0 Å². The second-order valence-electron chi connectivity index (χ2n) is 7.57. The number of carbonyl (C=O) groups is 1. The zero-order valence-electron chi connectivity index (χ0n) is 15.0. The number of nitrogens with one attached hydrogen (secondary N) is 2. The van der Waals surface area contributed by atoms with Gasteiger partial charge < -0.3 is 15.0 Å². The fourth-order valence-corrected chi connectivity index (χ4v) is 4.46. The molecule has 5 rings (SSSR count). The van der Waals surface area contributed by atoms with Crippen molar-refractivity contribution in [3.8, 4) is 11.4 Å². The molecule has 6 heteroatoms. The van der Waals surface area contributed by atoms with Crippen LogP contribution < -0.4 is 4.90 Å².